The fourth-order valence-corrected chi connectivity index (χ4v) is 1.93. The second-order valence-corrected chi connectivity index (χ2v) is 6.16. The molecule has 0 saturated heterocycles. The molecule has 1 unspecified atom stereocenters. The number of hydrogen-bond donors (Lipinski definition) is 1. The minimum Gasteiger partial charge on any atom is -0.490 e. The monoisotopic (exact) mass is 295 g/mol. The summed E-state index contributed by atoms with van der Waals surface area (Å²) in [6, 6.07) is 6.01. The number of hydrogen-bond acceptors (Lipinski definition) is 4. The molecule has 1 aromatic carbocycles. The van der Waals surface area contributed by atoms with Crippen LogP contribution in [0.5, 0.6) is 11.5 Å². The van der Waals surface area contributed by atoms with Crippen LogP contribution in [0.25, 0.3) is 0 Å². The molecule has 0 saturated carbocycles. The fraction of sp³-hybridized carbons (Fsp3) is 0.647. The van der Waals surface area contributed by atoms with Gasteiger partial charge < -0.3 is 19.5 Å². The van der Waals surface area contributed by atoms with Gasteiger partial charge in [-0.3, -0.25) is 0 Å². The van der Waals surface area contributed by atoms with Crippen molar-refractivity contribution in [2.75, 3.05) is 20.3 Å². The molecule has 0 aliphatic rings. The first-order valence-corrected chi connectivity index (χ1v) is 7.52. The van der Waals surface area contributed by atoms with Crippen LogP contribution in [0, 0.1) is 0 Å². The highest BCUT2D eigenvalue weighted by Crippen LogP contribution is 2.32. The molecule has 0 spiro atoms. The summed E-state index contributed by atoms with van der Waals surface area (Å²) >= 11 is 0. The third-order valence-electron chi connectivity index (χ3n) is 2.89. The van der Waals surface area contributed by atoms with Crippen LogP contribution >= 0.6 is 0 Å². The first kappa shape index (κ1) is 17.8. The quantitative estimate of drug-likeness (QED) is 0.798. The first-order valence-electron chi connectivity index (χ1n) is 7.52. The van der Waals surface area contributed by atoms with Gasteiger partial charge in [-0.1, -0.05) is 12.1 Å². The van der Waals surface area contributed by atoms with Gasteiger partial charge in [0.15, 0.2) is 11.5 Å². The van der Waals surface area contributed by atoms with Gasteiger partial charge in [0.2, 0.25) is 0 Å². The van der Waals surface area contributed by atoms with Crippen LogP contribution < -0.4 is 14.8 Å². The highest BCUT2D eigenvalue weighted by Gasteiger charge is 2.16. The lowest BCUT2D eigenvalue weighted by Gasteiger charge is -2.24. The molecule has 1 aromatic rings. The fourth-order valence-electron chi connectivity index (χ4n) is 1.93. The SMILES string of the molecule is CCOc1cccc(CNC(C)(C)C)c1OC(C)COC. The zero-order chi connectivity index (χ0) is 15.9. The standard InChI is InChI=1S/C17H29NO3/c1-7-20-15-10-8-9-14(11-18-17(3,4)5)16(15)21-13(2)12-19-6/h8-10,13,18H,7,11-12H2,1-6H3. The Labute approximate surface area is 128 Å². The summed E-state index contributed by atoms with van der Waals surface area (Å²) in [5.41, 5.74) is 1.15. The molecule has 0 heterocycles. The molecule has 1 atom stereocenters. The number of ether oxygens (including phenoxy) is 3. The van der Waals surface area contributed by atoms with Crippen LogP contribution in [-0.2, 0) is 11.3 Å². The molecule has 0 radical (unpaired) electrons. The maximum Gasteiger partial charge on any atom is 0.166 e. The molecule has 120 valence electrons. The molecule has 1 N–H and O–H groups in total. The van der Waals surface area contributed by atoms with Gasteiger partial charge in [-0.15, -0.1) is 0 Å². The topological polar surface area (TPSA) is 39.7 Å². The predicted octanol–water partition coefficient (Wildman–Crippen LogP) is 3.39. The summed E-state index contributed by atoms with van der Waals surface area (Å²) in [4.78, 5) is 0. The minimum absolute atomic E-state index is 0.0232. The molecule has 0 aliphatic carbocycles. The van der Waals surface area contributed by atoms with Gasteiger partial charge in [-0.25, -0.2) is 0 Å². The lowest BCUT2D eigenvalue weighted by molar-refractivity contribution is 0.0885. The Morgan fingerprint density at radius 1 is 1.24 bits per heavy atom. The molecule has 21 heavy (non-hydrogen) atoms. The van der Waals surface area contributed by atoms with E-state index in [1.807, 2.05) is 26.0 Å². The Morgan fingerprint density at radius 2 is 1.95 bits per heavy atom. The highest BCUT2D eigenvalue weighted by atomic mass is 16.5. The molecular formula is C17H29NO3. The molecule has 0 amide bonds. The van der Waals surface area contributed by atoms with Gasteiger partial charge in [0, 0.05) is 24.8 Å². The smallest absolute Gasteiger partial charge is 0.166 e. The minimum atomic E-state index is -0.0232. The second-order valence-electron chi connectivity index (χ2n) is 6.16. The van der Waals surface area contributed by atoms with Crippen LogP contribution in [0.15, 0.2) is 18.2 Å². The number of benzene rings is 1. The summed E-state index contributed by atoms with van der Waals surface area (Å²) in [6.45, 7) is 12.3. The number of para-hydroxylation sites is 1. The Bertz CT molecular complexity index is 427. The van der Waals surface area contributed by atoms with Gasteiger partial charge in [0.05, 0.1) is 13.2 Å². The maximum atomic E-state index is 6.04. The summed E-state index contributed by atoms with van der Waals surface area (Å²) in [6.07, 6.45) is -0.0232. The van der Waals surface area contributed by atoms with Crippen LogP contribution in [0.4, 0.5) is 0 Å². The molecule has 0 fully saturated rings. The molecule has 0 bridgehead atoms. The lowest BCUT2D eigenvalue weighted by Crippen LogP contribution is -2.35. The van der Waals surface area contributed by atoms with E-state index in [0.29, 0.717) is 13.2 Å². The Hall–Kier alpha value is -1.26. The third-order valence-corrected chi connectivity index (χ3v) is 2.89. The lowest BCUT2D eigenvalue weighted by atomic mass is 10.1. The zero-order valence-corrected chi connectivity index (χ0v) is 14.2. The summed E-state index contributed by atoms with van der Waals surface area (Å²) in [5.74, 6) is 1.59. The Balaban J connectivity index is 2.96. The van der Waals surface area contributed by atoms with Crippen LogP contribution in [0.3, 0.4) is 0 Å². The van der Waals surface area contributed by atoms with Crippen molar-refractivity contribution < 1.29 is 14.2 Å². The van der Waals surface area contributed by atoms with Gasteiger partial charge in [0.1, 0.15) is 6.10 Å². The van der Waals surface area contributed by atoms with E-state index < -0.39 is 0 Å². The predicted molar refractivity (Wildman–Crippen MR) is 86.2 cm³/mol. The molecular weight excluding hydrogens is 266 g/mol. The van der Waals surface area contributed by atoms with E-state index >= 15 is 0 Å². The van der Waals surface area contributed by atoms with E-state index in [2.05, 4.69) is 32.2 Å². The molecule has 4 nitrogen and oxygen atoms in total. The highest BCUT2D eigenvalue weighted by molar-refractivity contribution is 5.46. The molecule has 1 rings (SSSR count). The normalized spacial score (nSPS) is 13.0. The van der Waals surface area contributed by atoms with E-state index in [9.17, 15) is 0 Å². The summed E-state index contributed by atoms with van der Waals surface area (Å²) in [5, 5.41) is 3.49. The van der Waals surface area contributed by atoms with Crippen molar-refractivity contribution in [3.63, 3.8) is 0 Å². The molecule has 4 heteroatoms. The Morgan fingerprint density at radius 3 is 2.52 bits per heavy atom. The zero-order valence-electron chi connectivity index (χ0n) is 14.2. The van der Waals surface area contributed by atoms with E-state index in [1.165, 1.54) is 0 Å². The van der Waals surface area contributed by atoms with Crippen LogP contribution in [0.1, 0.15) is 40.2 Å². The maximum absolute atomic E-state index is 6.04. The third kappa shape index (κ3) is 6.36. The average Bonchev–Trinajstić information content (AvgIpc) is 2.38. The van der Waals surface area contributed by atoms with Crippen molar-refractivity contribution in [1.29, 1.82) is 0 Å². The largest absolute Gasteiger partial charge is 0.490 e. The van der Waals surface area contributed by atoms with Gasteiger partial charge in [-0.05, 0) is 40.7 Å². The number of nitrogens with one attached hydrogen (secondary N) is 1. The molecule has 0 aromatic heterocycles. The van der Waals surface area contributed by atoms with Crippen molar-refractivity contribution in [1.82, 2.24) is 5.32 Å². The summed E-state index contributed by atoms with van der Waals surface area (Å²) in [7, 11) is 1.68. The average molecular weight is 295 g/mol. The second kappa shape index (κ2) is 8.25. The van der Waals surface area contributed by atoms with Gasteiger partial charge >= 0.3 is 0 Å². The van der Waals surface area contributed by atoms with E-state index in [0.717, 1.165) is 23.6 Å². The van der Waals surface area contributed by atoms with Crippen molar-refractivity contribution in [3.05, 3.63) is 23.8 Å². The summed E-state index contributed by atoms with van der Waals surface area (Å²) < 4.78 is 16.9. The van der Waals surface area contributed by atoms with Crippen molar-refractivity contribution >= 4 is 0 Å². The first-order chi connectivity index (χ1) is 9.87. The van der Waals surface area contributed by atoms with Crippen LogP contribution in [-0.4, -0.2) is 32.0 Å². The van der Waals surface area contributed by atoms with Gasteiger partial charge in [0.25, 0.3) is 0 Å². The molecule has 0 aliphatic heterocycles. The van der Waals surface area contributed by atoms with Crippen LogP contribution in [0.2, 0.25) is 0 Å². The van der Waals surface area contributed by atoms with Gasteiger partial charge in [-0.2, -0.15) is 0 Å². The van der Waals surface area contributed by atoms with E-state index in [4.69, 9.17) is 14.2 Å². The number of rotatable bonds is 8. The van der Waals surface area contributed by atoms with Crippen molar-refractivity contribution in [3.8, 4) is 11.5 Å². The van der Waals surface area contributed by atoms with E-state index in [-0.39, 0.29) is 11.6 Å². The van der Waals surface area contributed by atoms with E-state index in [1.54, 1.807) is 7.11 Å². The van der Waals surface area contributed by atoms with Crippen molar-refractivity contribution in [2.45, 2.75) is 52.8 Å². The Kier molecular flexibility index (Phi) is 6.99. The van der Waals surface area contributed by atoms with Crippen molar-refractivity contribution in [2.24, 2.45) is 0 Å². The number of methoxy groups -OCH3 is 1.